The minimum atomic E-state index is -0.871. The van der Waals surface area contributed by atoms with Crippen LogP contribution in [0.25, 0.3) is 0 Å². The second kappa shape index (κ2) is 11.2. The van der Waals surface area contributed by atoms with Crippen LogP contribution in [0.3, 0.4) is 0 Å². The van der Waals surface area contributed by atoms with Gasteiger partial charge in [0.05, 0.1) is 18.5 Å². The summed E-state index contributed by atoms with van der Waals surface area (Å²) in [7, 11) is 1.16. The van der Waals surface area contributed by atoms with Crippen LogP contribution in [0, 0.1) is 0 Å². The van der Waals surface area contributed by atoms with Gasteiger partial charge >= 0.3 is 6.09 Å². The molecule has 0 atom stereocenters. The molecule has 0 aliphatic carbocycles. The van der Waals surface area contributed by atoms with Crippen LogP contribution in [0.15, 0.2) is 83.9 Å². The largest absolute Gasteiger partial charge is 0.453 e. The van der Waals surface area contributed by atoms with Gasteiger partial charge in [-0.1, -0.05) is 48.5 Å². The SMILES string of the molecule is COC(=O)NC(=Nc1cc(C(=O)c2ccccc2)ccc1NC(C)=O)NC(=O)c1ccccc1. The van der Waals surface area contributed by atoms with Gasteiger partial charge in [0.2, 0.25) is 11.9 Å². The van der Waals surface area contributed by atoms with E-state index in [9.17, 15) is 19.2 Å². The molecule has 0 aliphatic heterocycles. The molecule has 9 nitrogen and oxygen atoms in total. The summed E-state index contributed by atoms with van der Waals surface area (Å²) in [5.41, 5.74) is 1.50. The standard InChI is InChI=1S/C25H22N4O5/c1-16(30)26-20-14-13-19(22(31)17-9-5-3-6-10-17)15-21(20)27-24(29-25(33)34-2)28-23(32)18-11-7-4-8-12-18/h3-15H,1-2H3,(H,26,30)(H2,27,28,29,32,33). The molecule has 0 fully saturated rings. The van der Waals surface area contributed by atoms with E-state index in [2.05, 4.69) is 25.7 Å². The molecule has 172 valence electrons. The van der Waals surface area contributed by atoms with Gasteiger partial charge in [-0.05, 0) is 30.3 Å². The van der Waals surface area contributed by atoms with Crippen molar-refractivity contribution in [3.8, 4) is 0 Å². The Labute approximate surface area is 195 Å². The Balaban J connectivity index is 2.03. The average Bonchev–Trinajstić information content (AvgIpc) is 2.85. The van der Waals surface area contributed by atoms with E-state index >= 15 is 0 Å². The van der Waals surface area contributed by atoms with Crippen LogP contribution >= 0.6 is 0 Å². The predicted octanol–water partition coefficient (Wildman–Crippen LogP) is 3.65. The molecular weight excluding hydrogens is 436 g/mol. The second-order valence-electron chi connectivity index (χ2n) is 7.01. The number of hydrogen-bond donors (Lipinski definition) is 3. The highest BCUT2D eigenvalue weighted by Gasteiger charge is 2.16. The molecule has 0 saturated heterocycles. The first-order chi connectivity index (χ1) is 16.4. The molecule has 0 bridgehead atoms. The average molecular weight is 458 g/mol. The molecule has 3 N–H and O–H groups in total. The van der Waals surface area contributed by atoms with Crippen molar-refractivity contribution in [3.05, 3.63) is 95.6 Å². The van der Waals surface area contributed by atoms with Gasteiger partial charge in [-0.3, -0.25) is 25.0 Å². The fourth-order valence-corrected chi connectivity index (χ4v) is 2.94. The molecule has 3 rings (SSSR count). The number of amides is 3. The number of methoxy groups -OCH3 is 1. The van der Waals surface area contributed by atoms with Crippen molar-refractivity contribution < 1.29 is 23.9 Å². The van der Waals surface area contributed by atoms with Crippen molar-refractivity contribution in [1.82, 2.24) is 10.6 Å². The number of nitrogens with one attached hydrogen (secondary N) is 3. The number of hydrogen-bond acceptors (Lipinski definition) is 6. The second-order valence-corrected chi connectivity index (χ2v) is 7.01. The number of anilines is 1. The van der Waals surface area contributed by atoms with E-state index in [1.165, 1.54) is 19.1 Å². The Morgan fingerprint density at radius 1 is 0.765 bits per heavy atom. The van der Waals surface area contributed by atoms with Crippen molar-refractivity contribution in [2.24, 2.45) is 4.99 Å². The third kappa shape index (κ3) is 6.36. The number of rotatable bonds is 5. The quantitative estimate of drug-likeness (QED) is 0.306. The minimum Gasteiger partial charge on any atom is -0.453 e. The maximum Gasteiger partial charge on any atom is 0.413 e. The van der Waals surface area contributed by atoms with E-state index in [1.54, 1.807) is 66.7 Å². The van der Waals surface area contributed by atoms with Crippen LogP contribution in [0.5, 0.6) is 0 Å². The lowest BCUT2D eigenvalue weighted by molar-refractivity contribution is -0.114. The van der Waals surface area contributed by atoms with Crippen molar-refractivity contribution >= 4 is 41.0 Å². The topological polar surface area (TPSA) is 126 Å². The number of guanidine groups is 1. The Kier molecular flexibility index (Phi) is 7.85. The molecule has 0 radical (unpaired) electrons. The first-order valence-corrected chi connectivity index (χ1v) is 10.2. The van der Waals surface area contributed by atoms with Crippen LogP contribution < -0.4 is 16.0 Å². The van der Waals surface area contributed by atoms with Gasteiger partial charge in [0, 0.05) is 23.6 Å². The number of benzene rings is 3. The number of nitrogens with zero attached hydrogens (tertiary/aromatic N) is 1. The molecule has 3 aromatic rings. The third-order valence-electron chi connectivity index (χ3n) is 4.51. The van der Waals surface area contributed by atoms with E-state index in [-0.39, 0.29) is 29.0 Å². The van der Waals surface area contributed by atoms with Crippen molar-refractivity contribution in [2.75, 3.05) is 12.4 Å². The van der Waals surface area contributed by atoms with Crippen LogP contribution in [-0.4, -0.2) is 36.8 Å². The Morgan fingerprint density at radius 3 is 1.97 bits per heavy atom. The zero-order valence-corrected chi connectivity index (χ0v) is 18.5. The number of alkyl carbamates (subject to hydrolysis) is 1. The predicted molar refractivity (Wildman–Crippen MR) is 127 cm³/mol. The molecule has 0 spiro atoms. The molecule has 0 aromatic heterocycles. The molecule has 0 aliphatic rings. The van der Waals surface area contributed by atoms with E-state index in [0.717, 1.165) is 7.11 Å². The number of ether oxygens (including phenoxy) is 1. The van der Waals surface area contributed by atoms with E-state index in [1.807, 2.05) is 0 Å². The maximum absolute atomic E-state index is 12.9. The van der Waals surface area contributed by atoms with Crippen molar-refractivity contribution in [3.63, 3.8) is 0 Å². The highest BCUT2D eigenvalue weighted by molar-refractivity contribution is 6.12. The van der Waals surface area contributed by atoms with Gasteiger partial charge < -0.3 is 10.1 Å². The highest BCUT2D eigenvalue weighted by Crippen LogP contribution is 2.27. The van der Waals surface area contributed by atoms with Crippen LogP contribution in [0.1, 0.15) is 33.2 Å². The van der Waals surface area contributed by atoms with Gasteiger partial charge in [0.25, 0.3) is 5.91 Å². The fourth-order valence-electron chi connectivity index (χ4n) is 2.94. The van der Waals surface area contributed by atoms with Crippen molar-refractivity contribution in [2.45, 2.75) is 6.92 Å². The molecule has 0 heterocycles. The normalized spacial score (nSPS) is 10.7. The zero-order valence-electron chi connectivity index (χ0n) is 18.5. The Hall–Kier alpha value is -4.79. The summed E-state index contributed by atoms with van der Waals surface area (Å²) in [5.74, 6) is -1.42. The summed E-state index contributed by atoms with van der Waals surface area (Å²) in [6.07, 6.45) is -0.871. The lowest BCUT2D eigenvalue weighted by Crippen LogP contribution is -2.43. The van der Waals surface area contributed by atoms with Gasteiger partial charge in [-0.15, -0.1) is 0 Å². The lowest BCUT2D eigenvalue weighted by Gasteiger charge is -2.13. The molecule has 3 aromatic carbocycles. The molecule has 9 heteroatoms. The summed E-state index contributed by atoms with van der Waals surface area (Å²) in [6, 6.07) is 21.5. The van der Waals surface area contributed by atoms with Gasteiger partial charge in [-0.2, -0.15) is 0 Å². The molecule has 0 unspecified atom stereocenters. The summed E-state index contributed by atoms with van der Waals surface area (Å²) < 4.78 is 4.61. The Bertz CT molecular complexity index is 1240. The molecule has 0 saturated carbocycles. The molecular formula is C25H22N4O5. The summed E-state index contributed by atoms with van der Waals surface area (Å²) in [6.45, 7) is 1.32. The summed E-state index contributed by atoms with van der Waals surface area (Å²) in [5, 5.41) is 7.47. The zero-order chi connectivity index (χ0) is 24.5. The third-order valence-corrected chi connectivity index (χ3v) is 4.51. The maximum atomic E-state index is 12.9. The lowest BCUT2D eigenvalue weighted by atomic mass is 10.0. The number of carbonyl (C=O) groups is 4. The molecule has 34 heavy (non-hydrogen) atoms. The summed E-state index contributed by atoms with van der Waals surface area (Å²) in [4.78, 5) is 53.4. The molecule has 3 amide bonds. The number of aliphatic imine (C=N–C) groups is 1. The van der Waals surface area contributed by atoms with Gasteiger partial charge in [0.15, 0.2) is 5.78 Å². The van der Waals surface area contributed by atoms with Gasteiger partial charge in [-0.25, -0.2) is 9.79 Å². The minimum absolute atomic E-state index is 0.136. The first kappa shape index (κ1) is 23.9. The van der Waals surface area contributed by atoms with Crippen LogP contribution in [-0.2, 0) is 9.53 Å². The summed E-state index contributed by atoms with van der Waals surface area (Å²) >= 11 is 0. The number of carbonyl (C=O) groups excluding carboxylic acids is 4. The number of ketones is 1. The highest BCUT2D eigenvalue weighted by atomic mass is 16.5. The smallest absolute Gasteiger partial charge is 0.413 e. The van der Waals surface area contributed by atoms with Crippen LogP contribution in [0.2, 0.25) is 0 Å². The monoisotopic (exact) mass is 458 g/mol. The van der Waals surface area contributed by atoms with E-state index in [0.29, 0.717) is 16.7 Å². The van der Waals surface area contributed by atoms with Gasteiger partial charge in [0.1, 0.15) is 0 Å². The van der Waals surface area contributed by atoms with Crippen LogP contribution in [0.4, 0.5) is 16.2 Å². The van der Waals surface area contributed by atoms with E-state index in [4.69, 9.17) is 0 Å². The van der Waals surface area contributed by atoms with E-state index < -0.39 is 12.0 Å². The first-order valence-electron chi connectivity index (χ1n) is 10.2. The Morgan fingerprint density at radius 2 is 1.38 bits per heavy atom. The fraction of sp³-hybridized carbons (Fsp3) is 0.0800. The van der Waals surface area contributed by atoms with Crippen molar-refractivity contribution in [1.29, 1.82) is 0 Å².